The molecule has 28 heavy (non-hydrogen) atoms. The first kappa shape index (κ1) is 19.1. The molecule has 7 heteroatoms. The first-order valence-corrected chi connectivity index (χ1v) is 8.41. The van der Waals surface area contributed by atoms with Crippen LogP contribution in [-0.2, 0) is 0 Å². The van der Waals surface area contributed by atoms with Crippen molar-refractivity contribution >= 4 is 11.9 Å². The molecule has 0 aliphatic carbocycles. The molecule has 1 heterocycles. The highest BCUT2D eigenvalue weighted by Crippen LogP contribution is 2.41. The van der Waals surface area contributed by atoms with E-state index < -0.39 is 0 Å². The molecule has 3 rings (SSSR count). The number of carbonyl (C=O) groups excluding carboxylic acids is 1. The molecular formula is C21H19NO6. The van der Waals surface area contributed by atoms with Crippen molar-refractivity contribution in [3.63, 3.8) is 0 Å². The van der Waals surface area contributed by atoms with E-state index in [0.717, 1.165) is 0 Å². The zero-order chi connectivity index (χ0) is 20.3. The molecule has 0 saturated heterocycles. The fraction of sp³-hybridized carbons (Fsp3) is 0.238. The lowest BCUT2D eigenvalue weighted by Gasteiger charge is -2.13. The van der Waals surface area contributed by atoms with Crippen LogP contribution in [0.4, 0.5) is 0 Å². The zero-order valence-electron chi connectivity index (χ0n) is 16.0. The number of hydrogen-bond acceptors (Lipinski definition) is 7. The Labute approximate surface area is 162 Å². The molecule has 0 spiro atoms. The third kappa shape index (κ3) is 3.32. The molecule has 144 valence electrons. The van der Waals surface area contributed by atoms with Crippen LogP contribution in [0.2, 0.25) is 0 Å². The van der Waals surface area contributed by atoms with Crippen molar-refractivity contribution in [1.29, 1.82) is 5.26 Å². The van der Waals surface area contributed by atoms with Gasteiger partial charge in [0.25, 0.3) is 0 Å². The number of rotatable bonds is 6. The van der Waals surface area contributed by atoms with Gasteiger partial charge in [-0.2, -0.15) is 5.26 Å². The molecule has 0 unspecified atom stereocenters. The number of fused-ring (bicyclic) bond motifs is 1. The summed E-state index contributed by atoms with van der Waals surface area (Å²) in [7, 11) is 4.56. The lowest BCUT2D eigenvalue weighted by molar-refractivity contribution is 0.101. The molecule has 0 saturated carbocycles. The van der Waals surface area contributed by atoms with Gasteiger partial charge < -0.3 is 23.7 Å². The molecule has 0 amide bonds. The summed E-state index contributed by atoms with van der Waals surface area (Å²) in [5.41, 5.74) is 1.76. The van der Waals surface area contributed by atoms with E-state index in [4.69, 9.17) is 28.9 Å². The highest BCUT2D eigenvalue weighted by molar-refractivity contribution is 6.15. The summed E-state index contributed by atoms with van der Waals surface area (Å²) in [6, 6.07) is 8.66. The Morgan fingerprint density at radius 2 is 1.75 bits per heavy atom. The number of methoxy groups -OCH3 is 3. The summed E-state index contributed by atoms with van der Waals surface area (Å²) >= 11 is 0. The van der Waals surface area contributed by atoms with Gasteiger partial charge in [-0.3, -0.25) is 4.79 Å². The molecule has 0 fully saturated rings. The van der Waals surface area contributed by atoms with Gasteiger partial charge in [0.1, 0.15) is 17.6 Å². The van der Waals surface area contributed by atoms with Crippen LogP contribution in [0.1, 0.15) is 21.5 Å². The first-order chi connectivity index (χ1) is 13.5. The van der Waals surface area contributed by atoms with Crippen LogP contribution < -0.4 is 23.7 Å². The number of allylic oxidation sites excluding steroid dienone is 1. The fourth-order valence-corrected chi connectivity index (χ4v) is 2.97. The van der Waals surface area contributed by atoms with Crippen molar-refractivity contribution in [2.45, 2.75) is 6.92 Å². The first-order valence-electron chi connectivity index (χ1n) is 8.41. The molecule has 0 bridgehead atoms. The number of ketones is 1. The highest BCUT2D eigenvalue weighted by atomic mass is 16.5. The number of carbonyl (C=O) groups is 1. The summed E-state index contributed by atoms with van der Waals surface area (Å²) in [5.74, 6) is 2.27. The largest absolute Gasteiger partial charge is 0.493 e. The number of ether oxygens (including phenoxy) is 5. The smallest absolute Gasteiger partial charge is 0.231 e. The minimum Gasteiger partial charge on any atom is -0.493 e. The van der Waals surface area contributed by atoms with E-state index in [1.54, 1.807) is 37.3 Å². The molecule has 0 N–H and O–H groups in total. The SMILES string of the molecule is COc1cc(/C=C2\Oc3c(ccc(OCC#N)c3C)C2=O)cc(OC)c1OC. The third-order valence-electron chi connectivity index (χ3n) is 4.31. The van der Waals surface area contributed by atoms with Gasteiger partial charge in [-0.05, 0) is 42.8 Å². The second-order valence-corrected chi connectivity index (χ2v) is 5.91. The van der Waals surface area contributed by atoms with E-state index >= 15 is 0 Å². The average Bonchev–Trinajstić information content (AvgIpc) is 3.03. The predicted octanol–water partition coefficient (Wildman–Crippen LogP) is 3.54. The zero-order valence-corrected chi connectivity index (χ0v) is 16.0. The fourth-order valence-electron chi connectivity index (χ4n) is 2.97. The van der Waals surface area contributed by atoms with Crippen molar-refractivity contribution in [2.24, 2.45) is 0 Å². The number of nitrogens with zero attached hydrogens (tertiary/aromatic N) is 1. The monoisotopic (exact) mass is 381 g/mol. The number of Topliss-reactive ketones (excluding diaryl/α,β-unsaturated/α-hetero) is 1. The quantitative estimate of drug-likeness (QED) is 0.707. The van der Waals surface area contributed by atoms with Gasteiger partial charge in [0, 0.05) is 5.56 Å². The van der Waals surface area contributed by atoms with Crippen LogP contribution in [0, 0.1) is 18.3 Å². The van der Waals surface area contributed by atoms with E-state index in [1.165, 1.54) is 21.3 Å². The number of benzene rings is 2. The van der Waals surface area contributed by atoms with Gasteiger partial charge in [-0.1, -0.05) is 0 Å². The normalized spacial score (nSPS) is 13.5. The average molecular weight is 381 g/mol. The van der Waals surface area contributed by atoms with Crippen molar-refractivity contribution in [1.82, 2.24) is 0 Å². The van der Waals surface area contributed by atoms with Gasteiger partial charge in [0.15, 0.2) is 23.9 Å². The minimum absolute atomic E-state index is 0.0816. The van der Waals surface area contributed by atoms with Crippen LogP contribution in [0.5, 0.6) is 28.7 Å². The molecule has 2 aromatic rings. The molecular weight excluding hydrogens is 362 g/mol. The van der Waals surface area contributed by atoms with Crippen LogP contribution >= 0.6 is 0 Å². The van der Waals surface area contributed by atoms with Crippen LogP contribution in [0.3, 0.4) is 0 Å². The summed E-state index contributed by atoms with van der Waals surface area (Å²) in [6.07, 6.45) is 1.61. The van der Waals surface area contributed by atoms with Crippen LogP contribution in [0.15, 0.2) is 30.0 Å². The Bertz CT molecular complexity index is 978. The Hall–Kier alpha value is -3.66. The summed E-state index contributed by atoms with van der Waals surface area (Å²) in [6.45, 7) is 1.70. The predicted molar refractivity (Wildman–Crippen MR) is 101 cm³/mol. The maximum Gasteiger partial charge on any atom is 0.231 e. The van der Waals surface area contributed by atoms with E-state index in [-0.39, 0.29) is 18.1 Å². The maximum atomic E-state index is 12.7. The van der Waals surface area contributed by atoms with E-state index in [9.17, 15) is 4.79 Å². The maximum absolute atomic E-state index is 12.7. The van der Waals surface area contributed by atoms with Gasteiger partial charge in [0.05, 0.1) is 26.9 Å². The standard InChI is InChI=1S/C21H19NO6/c1-12-15(27-8-7-22)6-5-14-19(23)16(28-20(12)14)9-13-10-17(24-2)21(26-4)18(11-13)25-3/h5-6,9-11H,8H2,1-4H3/b16-9-. The summed E-state index contributed by atoms with van der Waals surface area (Å²) < 4.78 is 27.2. The van der Waals surface area contributed by atoms with Crippen molar-refractivity contribution in [3.8, 4) is 34.8 Å². The van der Waals surface area contributed by atoms with E-state index in [1.807, 2.05) is 6.07 Å². The lowest BCUT2D eigenvalue weighted by Crippen LogP contribution is -1.99. The molecule has 0 radical (unpaired) electrons. The van der Waals surface area contributed by atoms with Gasteiger partial charge >= 0.3 is 0 Å². The minimum atomic E-state index is -0.237. The molecule has 0 aromatic heterocycles. The second-order valence-electron chi connectivity index (χ2n) is 5.91. The Balaban J connectivity index is 1.99. The van der Waals surface area contributed by atoms with E-state index in [0.29, 0.717) is 45.4 Å². The van der Waals surface area contributed by atoms with Crippen molar-refractivity contribution in [3.05, 3.63) is 46.7 Å². The van der Waals surface area contributed by atoms with Crippen LogP contribution in [-0.4, -0.2) is 33.7 Å². The van der Waals surface area contributed by atoms with Crippen molar-refractivity contribution in [2.75, 3.05) is 27.9 Å². The summed E-state index contributed by atoms with van der Waals surface area (Å²) in [4.78, 5) is 12.7. The molecule has 2 aromatic carbocycles. The van der Waals surface area contributed by atoms with Gasteiger partial charge in [-0.25, -0.2) is 0 Å². The molecule has 1 aliphatic rings. The lowest BCUT2D eigenvalue weighted by atomic mass is 10.1. The Morgan fingerprint density at radius 3 is 2.32 bits per heavy atom. The van der Waals surface area contributed by atoms with Crippen molar-refractivity contribution < 1.29 is 28.5 Å². The molecule has 0 atom stereocenters. The van der Waals surface area contributed by atoms with E-state index in [2.05, 4.69) is 0 Å². The topological polar surface area (TPSA) is 87.0 Å². The van der Waals surface area contributed by atoms with Crippen LogP contribution in [0.25, 0.3) is 6.08 Å². The summed E-state index contributed by atoms with van der Waals surface area (Å²) in [5, 5.41) is 8.68. The Kier molecular flexibility index (Phi) is 5.41. The highest BCUT2D eigenvalue weighted by Gasteiger charge is 2.30. The third-order valence-corrected chi connectivity index (χ3v) is 4.31. The Morgan fingerprint density at radius 1 is 1.07 bits per heavy atom. The van der Waals surface area contributed by atoms with Gasteiger partial charge in [0.2, 0.25) is 11.5 Å². The number of nitriles is 1. The van der Waals surface area contributed by atoms with Gasteiger partial charge in [-0.15, -0.1) is 0 Å². The second kappa shape index (κ2) is 7.92. The number of hydrogen-bond donors (Lipinski definition) is 0. The molecule has 1 aliphatic heterocycles. The molecule has 7 nitrogen and oxygen atoms in total.